The largest absolute Gasteiger partial charge is 0.348 e. The summed E-state index contributed by atoms with van der Waals surface area (Å²) in [4.78, 5) is 12.9. The average molecular weight is 375 g/mol. The van der Waals surface area contributed by atoms with Crippen LogP contribution in [-0.2, 0) is 12.8 Å². The predicted octanol–water partition coefficient (Wildman–Crippen LogP) is 2.95. The van der Waals surface area contributed by atoms with Gasteiger partial charge in [-0.25, -0.2) is 4.68 Å². The minimum atomic E-state index is -0.0316. The number of fused-ring (bicyclic) bond motifs is 1. The van der Waals surface area contributed by atoms with Gasteiger partial charge in [0.25, 0.3) is 5.91 Å². The van der Waals surface area contributed by atoms with Crippen molar-refractivity contribution in [2.75, 3.05) is 6.54 Å². The lowest BCUT2D eigenvalue weighted by Gasteiger charge is -2.19. The molecule has 0 spiro atoms. The van der Waals surface area contributed by atoms with E-state index in [-0.39, 0.29) is 24.4 Å². The first-order valence-electron chi connectivity index (χ1n) is 9.36. The highest BCUT2D eigenvalue weighted by Gasteiger charge is 2.31. The molecule has 5 nitrogen and oxygen atoms in total. The molecule has 26 heavy (non-hydrogen) atoms. The van der Waals surface area contributed by atoms with Gasteiger partial charge in [-0.15, -0.1) is 12.4 Å². The summed E-state index contributed by atoms with van der Waals surface area (Å²) in [6, 6.07) is 8.41. The third-order valence-electron chi connectivity index (χ3n) is 5.77. The number of para-hydroxylation sites is 1. The van der Waals surface area contributed by atoms with Crippen LogP contribution in [0.5, 0.6) is 0 Å². The highest BCUT2D eigenvalue weighted by molar-refractivity contribution is 5.94. The van der Waals surface area contributed by atoms with E-state index in [2.05, 4.69) is 24.4 Å². The molecule has 1 aromatic heterocycles. The zero-order valence-corrected chi connectivity index (χ0v) is 16.0. The van der Waals surface area contributed by atoms with Crippen molar-refractivity contribution in [3.8, 4) is 5.69 Å². The highest BCUT2D eigenvalue weighted by Crippen LogP contribution is 2.30. The van der Waals surface area contributed by atoms with Crippen molar-refractivity contribution in [3.05, 3.63) is 46.8 Å². The Kier molecular flexibility index (Phi) is 5.68. The summed E-state index contributed by atoms with van der Waals surface area (Å²) in [6.07, 6.45) is 6.29. The van der Waals surface area contributed by atoms with E-state index in [4.69, 9.17) is 10.8 Å². The topological polar surface area (TPSA) is 72.9 Å². The van der Waals surface area contributed by atoms with Crippen LogP contribution in [0.15, 0.2) is 24.3 Å². The molecule has 0 bridgehead atoms. The maximum atomic E-state index is 12.9. The lowest BCUT2D eigenvalue weighted by atomic mass is 10.0. The molecule has 0 aliphatic heterocycles. The summed E-state index contributed by atoms with van der Waals surface area (Å²) in [7, 11) is 0. The standard InChI is InChI=1S/C20H26N4O.ClH/c1-13-6-2-3-10-17(13)24-18-11-5-8-15(18)19(23-24)20(25)22-16-9-4-7-14(16)12-21;/h2-3,6,10,14,16H,4-5,7-9,11-12,21H2,1H3,(H,22,25);1H. The molecule has 3 N–H and O–H groups in total. The molecule has 1 heterocycles. The smallest absolute Gasteiger partial charge is 0.272 e. The lowest BCUT2D eigenvalue weighted by Crippen LogP contribution is -2.40. The predicted molar refractivity (Wildman–Crippen MR) is 105 cm³/mol. The van der Waals surface area contributed by atoms with E-state index < -0.39 is 0 Å². The molecule has 4 rings (SSSR count). The van der Waals surface area contributed by atoms with E-state index in [0.717, 1.165) is 49.8 Å². The number of nitrogens with one attached hydrogen (secondary N) is 1. The number of benzene rings is 1. The summed E-state index contributed by atoms with van der Waals surface area (Å²) in [5.74, 6) is 0.367. The van der Waals surface area contributed by atoms with Gasteiger partial charge >= 0.3 is 0 Å². The molecular formula is C20H27ClN4O. The Hall–Kier alpha value is -1.85. The van der Waals surface area contributed by atoms with Crippen molar-refractivity contribution in [3.63, 3.8) is 0 Å². The Balaban J connectivity index is 0.00000196. The molecule has 0 radical (unpaired) electrons. The SMILES string of the molecule is Cc1ccccc1-n1nc(C(=O)NC2CCCC2CN)c2c1CCC2.Cl. The quantitative estimate of drug-likeness (QED) is 0.864. The number of hydrogen-bond donors (Lipinski definition) is 2. The van der Waals surface area contributed by atoms with Crippen LogP contribution in [0.1, 0.15) is 53.0 Å². The van der Waals surface area contributed by atoms with Crippen LogP contribution in [0.2, 0.25) is 0 Å². The van der Waals surface area contributed by atoms with Gasteiger partial charge in [-0.05, 0) is 63.1 Å². The van der Waals surface area contributed by atoms with E-state index in [1.165, 1.54) is 11.3 Å². The van der Waals surface area contributed by atoms with Crippen LogP contribution in [0.4, 0.5) is 0 Å². The maximum Gasteiger partial charge on any atom is 0.272 e. The van der Waals surface area contributed by atoms with Gasteiger partial charge in [0.15, 0.2) is 5.69 Å². The van der Waals surface area contributed by atoms with Crippen LogP contribution in [0, 0.1) is 12.8 Å². The third kappa shape index (κ3) is 3.26. The number of hydrogen-bond acceptors (Lipinski definition) is 3. The molecule has 2 aliphatic carbocycles. The van der Waals surface area contributed by atoms with Crippen molar-refractivity contribution in [1.29, 1.82) is 0 Å². The van der Waals surface area contributed by atoms with Gasteiger partial charge in [0.05, 0.1) is 5.69 Å². The molecule has 1 amide bonds. The summed E-state index contributed by atoms with van der Waals surface area (Å²) < 4.78 is 1.99. The second-order valence-electron chi connectivity index (χ2n) is 7.33. The number of aromatic nitrogens is 2. The Labute approximate surface area is 160 Å². The van der Waals surface area contributed by atoms with Crippen LogP contribution in [0.25, 0.3) is 5.69 Å². The van der Waals surface area contributed by atoms with Crippen molar-refractivity contribution < 1.29 is 4.79 Å². The monoisotopic (exact) mass is 374 g/mol. The van der Waals surface area contributed by atoms with E-state index in [0.29, 0.717) is 18.2 Å². The van der Waals surface area contributed by atoms with Gasteiger partial charge in [-0.3, -0.25) is 4.79 Å². The molecule has 1 fully saturated rings. The number of halogens is 1. The fraction of sp³-hybridized carbons (Fsp3) is 0.500. The number of aryl methyl sites for hydroxylation is 1. The Morgan fingerprint density at radius 3 is 2.85 bits per heavy atom. The van der Waals surface area contributed by atoms with Gasteiger partial charge in [-0.1, -0.05) is 24.6 Å². The highest BCUT2D eigenvalue weighted by atomic mass is 35.5. The zero-order chi connectivity index (χ0) is 17.4. The van der Waals surface area contributed by atoms with Crippen molar-refractivity contribution in [2.24, 2.45) is 11.7 Å². The van der Waals surface area contributed by atoms with Gasteiger partial charge in [-0.2, -0.15) is 5.10 Å². The molecule has 140 valence electrons. The molecular weight excluding hydrogens is 348 g/mol. The van der Waals surface area contributed by atoms with E-state index >= 15 is 0 Å². The molecule has 2 aliphatic rings. The van der Waals surface area contributed by atoms with Crippen molar-refractivity contribution in [1.82, 2.24) is 15.1 Å². The van der Waals surface area contributed by atoms with Crippen LogP contribution in [-0.4, -0.2) is 28.3 Å². The van der Waals surface area contributed by atoms with Gasteiger partial charge < -0.3 is 11.1 Å². The lowest BCUT2D eigenvalue weighted by molar-refractivity contribution is 0.0922. The third-order valence-corrected chi connectivity index (χ3v) is 5.77. The molecule has 0 saturated heterocycles. The molecule has 2 atom stereocenters. The van der Waals surface area contributed by atoms with Crippen LogP contribution >= 0.6 is 12.4 Å². The molecule has 1 aromatic carbocycles. The summed E-state index contributed by atoms with van der Waals surface area (Å²) in [6.45, 7) is 2.73. The van der Waals surface area contributed by atoms with Crippen molar-refractivity contribution >= 4 is 18.3 Å². The Morgan fingerprint density at radius 1 is 1.27 bits per heavy atom. The number of carbonyl (C=O) groups is 1. The summed E-state index contributed by atoms with van der Waals surface area (Å²) in [5.41, 5.74) is 11.0. The second kappa shape index (κ2) is 7.80. The number of carbonyl (C=O) groups excluding carboxylic acids is 1. The maximum absolute atomic E-state index is 12.9. The van der Waals surface area contributed by atoms with Crippen molar-refractivity contribution in [2.45, 2.75) is 51.5 Å². The fourth-order valence-electron chi connectivity index (χ4n) is 4.37. The normalized spacial score (nSPS) is 21.3. The number of nitrogens with zero attached hydrogens (tertiary/aromatic N) is 2. The van der Waals surface area contributed by atoms with Crippen LogP contribution < -0.4 is 11.1 Å². The molecule has 6 heteroatoms. The average Bonchev–Trinajstić information content (AvgIpc) is 3.31. The summed E-state index contributed by atoms with van der Waals surface area (Å²) in [5, 5.41) is 7.94. The van der Waals surface area contributed by atoms with Gasteiger partial charge in [0.1, 0.15) is 0 Å². The van der Waals surface area contributed by atoms with E-state index in [1.807, 2.05) is 16.8 Å². The molecule has 2 unspecified atom stereocenters. The number of amides is 1. The zero-order valence-electron chi connectivity index (χ0n) is 15.2. The van der Waals surface area contributed by atoms with Crippen LogP contribution in [0.3, 0.4) is 0 Å². The minimum Gasteiger partial charge on any atom is -0.348 e. The second-order valence-corrected chi connectivity index (χ2v) is 7.33. The van der Waals surface area contributed by atoms with Gasteiger partial charge in [0.2, 0.25) is 0 Å². The van der Waals surface area contributed by atoms with Gasteiger partial charge in [0, 0.05) is 17.3 Å². The molecule has 2 aromatic rings. The Bertz CT molecular complexity index is 801. The first-order valence-corrected chi connectivity index (χ1v) is 9.36. The first-order chi connectivity index (χ1) is 12.2. The minimum absolute atomic E-state index is 0. The summed E-state index contributed by atoms with van der Waals surface area (Å²) >= 11 is 0. The van der Waals surface area contributed by atoms with E-state index in [1.54, 1.807) is 0 Å². The van der Waals surface area contributed by atoms with E-state index in [9.17, 15) is 4.79 Å². The Morgan fingerprint density at radius 2 is 2.08 bits per heavy atom. The number of nitrogens with two attached hydrogens (primary N) is 1. The fourth-order valence-corrected chi connectivity index (χ4v) is 4.37. The number of rotatable bonds is 4. The molecule has 1 saturated carbocycles. The first kappa shape index (κ1) is 18.9.